The van der Waals surface area contributed by atoms with Crippen LogP contribution in [0.3, 0.4) is 0 Å². The second-order valence-electron chi connectivity index (χ2n) is 9.01. The van der Waals surface area contributed by atoms with Crippen LogP contribution in [0.1, 0.15) is 49.8 Å². The number of likely N-dealkylation sites (tertiary alicyclic amines) is 1. The molecule has 2 amide bonds. The van der Waals surface area contributed by atoms with Crippen molar-refractivity contribution in [2.75, 3.05) is 13.7 Å². The Morgan fingerprint density at radius 2 is 1.79 bits per heavy atom. The Hall–Kier alpha value is -3.67. The normalized spacial score (nSPS) is 19.0. The molecule has 1 fully saturated rings. The number of piperidine rings is 1. The van der Waals surface area contributed by atoms with Gasteiger partial charge in [-0.05, 0) is 42.5 Å². The van der Waals surface area contributed by atoms with Gasteiger partial charge in [-0.15, -0.1) is 0 Å². The molecule has 1 aliphatic rings. The van der Waals surface area contributed by atoms with E-state index < -0.39 is 0 Å². The molecule has 0 radical (unpaired) electrons. The first kappa shape index (κ1) is 23.5. The number of pyridine rings is 1. The summed E-state index contributed by atoms with van der Waals surface area (Å²) in [6.45, 7) is 2.71. The lowest BCUT2D eigenvalue weighted by molar-refractivity contribution is -0.139. The quantitative estimate of drug-likeness (QED) is 0.534. The SMILES string of the molecule is COc1ccc(-c2ccc([C@H](C)N3CC[C@@](CCC(N)=O)(c4ccccc4)CC3=O)cc2)cn1. The molecule has 2 N–H and O–H groups in total. The summed E-state index contributed by atoms with van der Waals surface area (Å²) in [7, 11) is 1.60. The van der Waals surface area contributed by atoms with Crippen molar-refractivity contribution in [1.29, 1.82) is 0 Å². The molecule has 0 spiro atoms. The molecule has 6 heteroatoms. The Morgan fingerprint density at radius 1 is 1.09 bits per heavy atom. The number of nitrogens with zero attached hydrogens (tertiary/aromatic N) is 2. The van der Waals surface area contributed by atoms with Crippen molar-refractivity contribution in [2.45, 2.75) is 44.1 Å². The second kappa shape index (κ2) is 10.1. The van der Waals surface area contributed by atoms with E-state index in [0.29, 0.717) is 25.3 Å². The molecule has 6 nitrogen and oxygen atoms in total. The first-order chi connectivity index (χ1) is 16.4. The highest BCUT2D eigenvalue weighted by molar-refractivity contribution is 5.80. The molecule has 176 valence electrons. The van der Waals surface area contributed by atoms with Crippen LogP contribution < -0.4 is 10.5 Å². The number of aromatic nitrogens is 1. The van der Waals surface area contributed by atoms with E-state index in [-0.39, 0.29) is 29.7 Å². The van der Waals surface area contributed by atoms with Crippen molar-refractivity contribution in [1.82, 2.24) is 9.88 Å². The molecule has 1 aliphatic heterocycles. The minimum atomic E-state index is -0.352. The number of ether oxygens (including phenoxy) is 1. The van der Waals surface area contributed by atoms with E-state index in [4.69, 9.17) is 10.5 Å². The second-order valence-corrected chi connectivity index (χ2v) is 9.01. The molecule has 2 aromatic carbocycles. The third kappa shape index (κ3) is 4.96. The molecule has 1 saturated heterocycles. The predicted octanol–water partition coefficient (Wildman–Crippen LogP) is 4.64. The van der Waals surface area contributed by atoms with E-state index in [1.165, 1.54) is 0 Å². The van der Waals surface area contributed by atoms with E-state index in [1.54, 1.807) is 13.3 Å². The van der Waals surface area contributed by atoms with Crippen LogP contribution in [-0.2, 0) is 15.0 Å². The lowest BCUT2D eigenvalue weighted by Crippen LogP contribution is -2.47. The molecule has 2 atom stereocenters. The molecular weight excluding hydrogens is 426 g/mol. The van der Waals surface area contributed by atoms with Crippen molar-refractivity contribution in [3.8, 4) is 17.0 Å². The Labute approximate surface area is 200 Å². The van der Waals surface area contributed by atoms with E-state index in [0.717, 1.165) is 28.7 Å². The van der Waals surface area contributed by atoms with Gasteiger partial charge >= 0.3 is 0 Å². The molecule has 3 aromatic rings. The summed E-state index contributed by atoms with van der Waals surface area (Å²) in [6, 6.07) is 22.1. The van der Waals surface area contributed by atoms with Crippen LogP contribution in [0.2, 0.25) is 0 Å². The number of hydrogen-bond acceptors (Lipinski definition) is 4. The summed E-state index contributed by atoms with van der Waals surface area (Å²) in [5.41, 5.74) is 9.37. The summed E-state index contributed by atoms with van der Waals surface area (Å²) in [5.74, 6) is 0.362. The van der Waals surface area contributed by atoms with Crippen LogP contribution in [0.25, 0.3) is 11.1 Å². The van der Waals surface area contributed by atoms with E-state index in [2.05, 4.69) is 48.3 Å². The molecule has 2 heterocycles. The van der Waals surface area contributed by atoms with Gasteiger partial charge in [0, 0.05) is 42.6 Å². The van der Waals surface area contributed by atoms with Crippen LogP contribution >= 0.6 is 0 Å². The van der Waals surface area contributed by atoms with Gasteiger partial charge in [-0.2, -0.15) is 0 Å². The summed E-state index contributed by atoms with van der Waals surface area (Å²) in [6.07, 6.45) is 3.84. The summed E-state index contributed by atoms with van der Waals surface area (Å²) >= 11 is 0. The number of methoxy groups -OCH3 is 1. The summed E-state index contributed by atoms with van der Waals surface area (Å²) in [4.78, 5) is 31.1. The third-order valence-electron chi connectivity index (χ3n) is 7.02. The number of carbonyl (C=O) groups excluding carboxylic acids is 2. The molecule has 0 bridgehead atoms. The highest BCUT2D eigenvalue weighted by atomic mass is 16.5. The largest absolute Gasteiger partial charge is 0.481 e. The number of amides is 2. The van der Waals surface area contributed by atoms with Gasteiger partial charge in [-0.1, -0.05) is 54.6 Å². The van der Waals surface area contributed by atoms with Crippen LogP contribution in [0.5, 0.6) is 5.88 Å². The fourth-order valence-electron chi connectivity index (χ4n) is 4.91. The van der Waals surface area contributed by atoms with Gasteiger partial charge in [0.15, 0.2) is 0 Å². The van der Waals surface area contributed by atoms with Crippen molar-refractivity contribution >= 4 is 11.8 Å². The van der Waals surface area contributed by atoms with Gasteiger partial charge < -0.3 is 15.4 Å². The molecule has 34 heavy (non-hydrogen) atoms. The fourth-order valence-corrected chi connectivity index (χ4v) is 4.91. The highest BCUT2D eigenvalue weighted by Gasteiger charge is 2.41. The van der Waals surface area contributed by atoms with Crippen molar-refractivity contribution in [2.24, 2.45) is 5.73 Å². The Kier molecular flexibility index (Phi) is 6.96. The minimum Gasteiger partial charge on any atom is -0.481 e. The Morgan fingerprint density at radius 3 is 2.38 bits per heavy atom. The molecular formula is C28H31N3O3. The van der Waals surface area contributed by atoms with Crippen LogP contribution in [0.15, 0.2) is 72.9 Å². The average molecular weight is 458 g/mol. The van der Waals surface area contributed by atoms with Crippen LogP contribution in [0, 0.1) is 0 Å². The molecule has 1 aromatic heterocycles. The Balaban J connectivity index is 1.49. The molecule has 0 aliphatic carbocycles. The van der Waals surface area contributed by atoms with Crippen LogP contribution in [0.4, 0.5) is 0 Å². The zero-order chi connectivity index (χ0) is 24.1. The Bertz CT molecular complexity index is 1130. The highest BCUT2D eigenvalue weighted by Crippen LogP contribution is 2.42. The lowest BCUT2D eigenvalue weighted by atomic mass is 9.69. The van der Waals surface area contributed by atoms with Crippen molar-refractivity contribution in [3.05, 3.63) is 84.1 Å². The topological polar surface area (TPSA) is 85.5 Å². The molecule has 0 saturated carbocycles. The molecule has 4 rings (SSSR count). The number of nitrogens with two attached hydrogens (primary N) is 1. The number of hydrogen-bond donors (Lipinski definition) is 1. The first-order valence-corrected chi connectivity index (χ1v) is 11.7. The monoisotopic (exact) mass is 457 g/mol. The maximum atomic E-state index is 13.4. The predicted molar refractivity (Wildman–Crippen MR) is 132 cm³/mol. The van der Waals surface area contributed by atoms with Crippen molar-refractivity contribution in [3.63, 3.8) is 0 Å². The number of primary amides is 1. The first-order valence-electron chi connectivity index (χ1n) is 11.7. The van der Waals surface area contributed by atoms with Crippen LogP contribution in [-0.4, -0.2) is 35.4 Å². The van der Waals surface area contributed by atoms with Crippen molar-refractivity contribution < 1.29 is 14.3 Å². The number of carbonyl (C=O) groups is 2. The average Bonchev–Trinajstić information content (AvgIpc) is 2.88. The summed E-state index contributed by atoms with van der Waals surface area (Å²) in [5, 5.41) is 0. The standard InChI is InChI=1S/C28H31N3O3/c1-20(21-8-10-22(11-9-21)23-12-13-26(34-2)30-19-23)31-17-16-28(18-27(31)33,15-14-25(29)32)24-6-4-3-5-7-24/h3-13,19-20H,14-18H2,1-2H3,(H2,29,32)/t20-,28+/m0/s1. The third-order valence-corrected chi connectivity index (χ3v) is 7.02. The van der Waals surface area contributed by atoms with E-state index >= 15 is 0 Å². The zero-order valence-electron chi connectivity index (χ0n) is 19.7. The van der Waals surface area contributed by atoms with Gasteiger partial charge in [-0.3, -0.25) is 9.59 Å². The smallest absolute Gasteiger partial charge is 0.223 e. The maximum Gasteiger partial charge on any atom is 0.223 e. The lowest BCUT2D eigenvalue weighted by Gasteiger charge is -2.44. The van der Waals surface area contributed by atoms with E-state index in [9.17, 15) is 9.59 Å². The van der Waals surface area contributed by atoms with E-state index in [1.807, 2.05) is 35.2 Å². The number of benzene rings is 2. The van der Waals surface area contributed by atoms with Gasteiger partial charge in [0.1, 0.15) is 0 Å². The van der Waals surface area contributed by atoms with Gasteiger partial charge in [-0.25, -0.2) is 4.98 Å². The summed E-state index contributed by atoms with van der Waals surface area (Å²) < 4.78 is 5.13. The fraction of sp³-hybridized carbons (Fsp3) is 0.321. The molecule has 0 unspecified atom stereocenters. The maximum absolute atomic E-state index is 13.4. The zero-order valence-corrected chi connectivity index (χ0v) is 19.7. The van der Waals surface area contributed by atoms with Gasteiger partial charge in [0.05, 0.1) is 13.2 Å². The minimum absolute atomic E-state index is 0.0412. The van der Waals surface area contributed by atoms with Gasteiger partial charge in [0.2, 0.25) is 17.7 Å². The number of rotatable bonds is 8. The van der Waals surface area contributed by atoms with Gasteiger partial charge in [0.25, 0.3) is 0 Å².